The van der Waals surface area contributed by atoms with Crippen LogP contribution in [0.3, 0.4) is 0 Å². The van der Waals surface area contributed by atoms with Gasteiger partial charge in [-0.25, -0.2) is 4.79 Å². The Hall–Kier alpha value is -4.63. The molecule has 2 aromatic heterocycles. The van der Waals surface area contributed by atoms with Gasteiger partial charge >= 0.3 is 6.03 Å². The molecule has 1 saturated heterocycles. The average Bonchev–Trinajstić information content (AvgIpc) is 3.44. The highest BCUT2D eigenvalue weighted by Gasteiger charge is 2.23. The van der Waals surface area contributed by atoms with Crippen molar-refractivity contribution in [3.8, 4) is 11.1 Å². The lowest BCUT2D eigenvalue weighted by atomic mass is 9.97. The van der Waals surface area contributed by atoms with Crippen molar-refractivity contribution in [2.24, 2.45) is 5.73 Å². The lowest BCUT2D eigenvalue weighted by Crippen LogP contribution is -2.43. The maximum Gasteiger partial charge on any atom is 0.321 e. The number of hydrogen-bond acceptors (Lipinski definition) is 5. The van der Waals surface area contributed by atoms with Crippen LogP contribution in [0.5, 0.6) is 0 Å². The molecule has 198 valence electrons. The zero-order chi connectivity index (χ0) is 27.1. The Labute approximate surface area is 225 Å². The third kappa shape index (κ3) is 4.51. The largest absolute Gasteiger partial charge is 0.378 e. The van der Waals surface area contributed by atoms with Gasteiger partial charge in [-0.1, -0.05) is 35.5 Å². The topological polar surface area (TPSA) is 116 Å². The van der Waals surface area contributed by atoms with Crippen LogP contribution in [0.25, 0.3) is 32.9 Å². The molecule has 3 aromatic carbocycles. The summed E-state index contributed by atoms with van der Waals surface area (Å²) in [6, 6.07) is 19.6. The van der Waals surface area contributed by atoms with Crippen LogP contribution in [0.15, 0.2) is 65.2 Å². The van der Waals surface area contributed by atoms with Crippen molar-refractivity contribution in [1.82, 2.24) is 14.6 Å². The molecule has 3 N–H and O–H groups in total. The van der Waals surface area contributed by atoms with Crippen molar-refractivity contribution >= 4 is 39.4 Å². The smallest absolute Gasteiger partial charge is 0.321 e. The van der Waals surface area contributed by atoms with E-state index in [0.717, 1.165) is 44.2 Å². The summed E-state index contributed by atoms with van der Waals surface area (Å²) < 4.78 is 13.0. The van der Waals surface area contributed by atoms with Crippen LogP contribution in [0.4, 0.5) is 10.5 Å². The first kappa shape index (κ1) is 24.7. The second kappa shape index (κ2) is 9.92. The van der Waals surface area contributed by atoms with E-state index in [0.29, 0.717) is 49.9 Å². The fourth-order valence-corrected chi connectivity index (χ4v) is 5.44. The summed E-state index contributed by atoms with van der Waals surface area (Å²) in [4.78, 5) is 27.5. The Bertz CT molecular complexity index is 1690. The molecular weight excluding hydrogens is 494 g/mol. The minimum Gasteiger partial charge on any atom is -0.378 e. The highest BCUT2D eigenvalue weighted by molar-refractivity contribution is 6.19. The van der Waals surface area contributed by atoms with Crippen LogP contribution in [-0.2, 0) is 11.3 Å². The summed E-state index contributed by atoms with van der Waals surface area (Å²) >= 11 is 0. The third-order valence-corrected chi connectivity index (χ3v) is 7.29. The number of nitrogens with zero attached hydrogens (tertiary/aromatic N) is 3. The van der Waals surface area contributed by atoms with Gasteiger partial charge in [0.25, 0.3) is 0 Å². The van der Waals surface area contributed by atoms with Gasteiger partial charge < -0.3 is 29.8 Å². The fourth-order valence-electron chi connectivity index (χ4n) is 5.44. The van der Waals surface area contributed by atoms with E-state index in [9.17, 15) is 9.59 Å². The Kier molecular flexibility index (Phi) is 6.28. The van der Waals surface area contributed by atoms with E-state index in [1.807, 2.05) is 56.3 Å². The third-order valence-electron chi connectivity index (χ3n) is 7.29. The second-order valence-corrected chi connectivity index (χ2v) is 9.81. The van der Waals surface area contributed by atoms with Crippen molar-refractivity contribution < 1.29 is 18.8 Å². The molecule has 5 aromatic rings. The monoisotopic (exact) mass is 523 g/mol. The zero-order valence-electron chi connectivity index (χ0n) is 21.9. The van der Waals surface area contributed by atoms with Gasteiger partial charge in [-0.15, -0.1) is 0 Å². The summed E-state index contributed by atoms with van der Waals surface area (Å²) in [7, 11) is 0. The number of anilines is 1. The summed E-state index contributed by atoms with van der Waals surface area (Å²) in [5, 5.41) is 8.69. The first-order valence-corrected chi connectivity index (χ1v) is 12.9. The van der Waals surface area contributed by atoms with Crippen LogP contribution in [0, 0.1) is 13.8 Å². The minimum absolute atomic E-state index is 0.179. The van der Waals surface area contributed by atoms with Crippen LogP contribution < -0.4 is 11.1 Å². The normalized spacial score (nSPS) is 13.7. The number of nitrogens with two attached hydrogens (primary N) is 1. The van der Waals surface area contributed by atoms with E-state index in [2.05, 4.69) is 33.2 Å². The van der Waals surface area contributed by atoms with E-state index < -0.39 is 5.91 Å². The molecule has 0 spiro atoms. The number of primary amides is 1. The van der Waals surface area contributed by atoms with Crippen LogP contribution in [0.2, 0.25) is 0 Å². The quantitative estimate of drug-likeness (QED) is 0.333. The molecule has 3 heterocycles. The number of aryl methyl sites for hydroxylation is 2. The zero-order valence-corrected chi connectivity index (χ0v) is 21.9. The number of benzene rings is 3. The number of carbonyl (C=O) groups excluding carboxylic acids is 2. The average molecular weight is 524 g/mol. The highest BCUT2D eigenvalue weighted by atomic mass is 16.5. The first-order valence-electron chi connectivity index (χ1n) is 12.9. The lowest BCUT2D eigenvalue weighted by molar-refractivity contribution is 0.0564. The summed E-state index contributed by atoms with van der Waals surface area (Å²) in [6.45, 7) is 6.45. The number of nitrogens with one attached hydrogen (secondary N) is 1. The van der Waals surface area contributed by atoms with E-state index in [-0.39, 0.29) is 6.03 Å². The van der Waals surface area contributed by atoms with Crippen molar-refractivity contribution in [1.29, 1.82) is 0 Å². The number of carbonyl (C=O) groups is 2. The number of amides is 3. The minimum atomic E-state index is -0.532. The molecular formula is C30H29N5O4. The van der Waals surface area contributed by atoms with Gasteiger partial charge in [-0.3, -0.25) is 4.79 Å². The number of fused-ring (bicyclic) bond motifs is 3. The molecule has 0 bridgehead atoms. The van der Waals surface area contributed by atoms with E-state index in [4.69, 9.17) is 15.0 Å². The standard InChI is InChI=1S/C30H29N5O4/c1-18-27(19(2)39-33-18)21-14-24(29(31)36)28-23-16-22(32-30(37)34-10-12-38-13-11-34)8-9-25(23)35(26(28)15-21)17-20-6-4-3-5-7-20/h3-9,14-16H,10-13,17H2,1-2H3,(H2,31,36)(H,32,37). The van der Waals surface area contributed by atoms with Crippen molar-refractivity contribution in [2.45, 2.75) is 20.4 Å². The summed E-state index contributed by atoms with van der Waals surface area (Å²) in [5.41, 5.74) is 12.3. The molecule has 0 unspecified atom stereocenters. The molecule has 6 rings (SSSR count). The second-order valence-electron chi connectivity index (χ2n) is 9.81. The molecule has 0 atom stereocenters. The maximum atomic E-state index is 12.9. The number of ether oxygens (including phenoxy) is 1. The summed E-state index contributed by atoms with van der Waals surface area (Å²) in [6.07, 6.45) is 0. The highest BCUT2D eigenvalue weighted by Crippen LogP contribution is 2.38. The van der Waals surface area contributed by atoms with E-state index >= 15 is 0 Å². The molecule has 0 saturated carbocycles. The van der Waals surface area contributed by atoms with Gasteiger partial charge in [0.1, 0.15) is 5.76 Å². The molecule has 1 fully saturated rings. The van der Waals surface area contributed by atoms with E-state index in [1.165, 1.54) is 0 Å². The van der Waals surface area contributed by atoms with Crippen molar-refractivity contribution in [3.05, 3.63) is 83.2 Å². The molecule has 9 heteroatoms. The molecule has 3 amide bonds. The van der Waals surface area contributed by atoms with Gasteiger partial charge in [0, 0.05) is 52.7 Å². The SMILES string of the molecule is Cc1noc(C)c1-c1cc(C(N)=O)c2c3cc(NC(=O)N4CCOCC4)ccc3n(Cc3ccccc3)c2c1. The number of rotatable bonds is 5. The van der Waals surface area contributed by atoms with Gasteiger partial charge in [0.15, 0.2) is 0 Å². The summed E-state index contributed by atoms with van der Waals surface area (Å²) in [5.74, 6) is 0.135. The maximum absolute atomic E-state index is 12.9. The first-order chi connectivity index (χ1) is 18.9. The van der Waals surface area contributed by atoms with Gasteiger partial charge in [0.05, 0.1) is 24.4 Å². The van der Waals surface area contributed by atoms with Crippen LogP contribution >= 0.6 is 0 Å². The Morgan fingerprint density at radius 3 is 2.46 bits per heavy atom. The van der Waals surface area contributed by atoms with Gasteiger partial charge in [-0.05, 0) is 55.3 Å². The Balaban J connectivity index is 1.56. The van der Waals surface area contributed by atoms with Crippen molar-refractivity contribution in [2.75, 3.05) is 31.6 Å². The molecule has 39 heavy (non-hydrogen) atoms. The number of aromatic nitrogens is 2. The molecule has 1 aliphatic heterocycles. The predicted molar refractivity (Wildman–Crippen MR) is 150 cm³/mol. The molecule has 0 radical (unpaired) electrons. The Morgan fingerprint density at radius 2 is 1.77 bits per heavy atom. The number of morpholine rings is 1. The molecule has 0 aliphatic carbocycles. The van der Waals surface area contributed by atoms with Crippen LogP contribution in [-0.4, -0.2) is 52.9 Å². The number of hydrogen-bond donors (Lipinski definition) is 2. The molecule has 1 aliphatic rings. The van der Waals surface area contributed by atoms with Crippen LogP contribution in [0.1, 0.15) is 27.4 Å². The predicted octanol–water partition coefficient (Wildman–Crippen LogP) is 5.08. The Morgan fingerprint density at radius 1 is 1.00 bits per heavy atom. The molecule has 9 nitrogen and oxygen atoms in total. The van der Waals surface area contributed by atoms with E-state index in [1.54, 1.807) is 4.90 Å². The van der Waals surface area contributed by atoms with Gasteiger partial charge in [0.2, 0.25) is 5.91 Å². The van der Waals surface area contributed by atoms with Crippen molar-refractivity contribution in [3.63, 3.8) is 0 Å². The lowest BCUT2D eigenvalue weighted by Gasteiger charge is -2.26. The van der Waals surface area contributed by atoms with Gasteiger partial charge in [-0.2, -0.15) is 0 Å². The number of urea groups is 1. The fraction of sp³-hybridized carbons (Fsp3) is 0.233.